The number of para-hydroxylation sites is 1. The summed E-state index contributed by atoms with van der Waals surface area (Å²) in [7, 11) is -8.34. The van der Waals surface area contributed by atoms with Crippen molar-refractivity contribution in [2.24, 2.45) is 0 Å². The van der Waals surface area contributed by atoms with Crippen molar-refractivity contribution in [3.05, 3.63) is 248 Å². The molecule has 6 aromatic carbocycles. The first-order chi connectivity index (χ1) is 61.2. The molecule has 34 heteroatoms. The number of carbonyl (C=O) groups excluding carboxylic acids is 5. The van der Waals surface area contributed by atoms with Gasteiger partial charge in [0.2, 0.25) is 47.8 Å². The Morgan fingerprint density at radius 1 is 0.430 bits per heavy atom. The minimum atomic E-state index is -4.34. The molecule has 28 nitrogen and oxygen atoms in total. The zero-order valence-electron chi connectivity index (χ0n) is 71.9. The van der Waals surface area contributed by atoms with Crippen molar-refractivity contribution in [3.8, 4) is 29.7 Å². The van der Waals surface area contributed by atoms with Crippen LogP contribution in [-0.4, -0.2) is 162 Å². The molecule has 0 spiro atoms. The molecule has 5 amide bonds. The summed E-state index contributed by atoms with van der Waals surface area (Å²) in [5.74, 6) is -4.32. The highest BCUT2D eigenvalue weighted by Crippen LogP contribution is 2.41. The highest BCUT2D eigenvalue weighted by molar-refractivity contribution is 7.89. The third-order valence-electron chi connectivity index (χ3n) is 25.0. The molecule has 6 aliphatic rings. The van der Waals surface area contributed by atoms with Crippen molar-refractivity contribution in [1.82, 2.24) is 43.1 Å². The number of benzene rings is 6. The first-order valence-electron chi connectivity index (χ1n) is 42.7. The molecule has 3 aliphatic heterocycles. The fourth-order valence-electron chi connectivity index (χ4n) is 17.0. The first-order valence-corrected chi connectivity index (χ1v) is 47.0. The topological polar surface area (TPSA) is 386 Å². The van der Waals surface area contributed by atoms with E-state index >= 15 is 0 Å². The van der Waals surface area contributed by atoms with Crippen LogP contribution in [0.3, 0.4) is 0 Å². The molecular formula is C94H100F3N15O13S3. The van der Waals surface area contributed by atoms with Crippen LogP contribution in [0.25, 0.3) is 0 Å². The zero-order valence-corrected chi connectivity index (χ0v) is 74.3. The van der Waals surface area contributed by atoms with Crippen molar-refractivity contribution in [2.75, 3.05) is 55.5 Å². The molecule has 668 valence electrons. The Balaban J connectivity index is 0.000000164. The van der Waals surface area contributed by atoms with Gasteiger partial charge in [0.25, 0.3) is 11.8 Å². The van der Waals surface area contributed by atoms with Gasteiger partial charge in [-0.25, -0.2) is 38.4 Å². The summed E-state index contributed by atoms with van der Waals surface area (Å²) in [5, 5.41) is 51.9. The zero-order chi connectivity index (χ0) is 91.6. The average Bonchev–Trinajstić information content (AvgIpc) is 0.757. The SMILES string of the molecule is CNC(=O)c1ccc(N(Cc2ccc(C3CCCCC3)cn2)C(=O)[C@H]2CCN2S(=O)(=O)c2cc(F)c(C)c(C#N)c2)cc1O.Cc1c(F)cc(S(=O)(=O)N2CC[C@@H]2C(=O)N(Cc2ccc(C3CCCCC3)cn2)c2ccccc2)cc1C#N.Cc1c(F)cc(S(=O)(=O)N2CC[C@@H]2C(=O)N(Cc2cnc(C3CCCCC3)cn2)c2ccc(C(=O)N(C)C)c(O)c2)cc1C#N. The maximum atomic E-state index is 14.5. The maximum absolute atomic E-state index is 14.5. The molecule has 6 fully saturated rings. The summed E-state index contributed by atoms with van der Waals surface area (Å²) in [6.45, 7) is 4.45. The van der Waals surface area contributed by atoms with E-state index in [-0.39, 0.29) is 130 Å². The number of aromatic hydroxyl groups is 2. The number of hydrogen-bond acceptors (Lipinski definition) is 20. The number of sulfonamides is 3. The highest BCUT2D eigenvalue weighted by Gasteiger charge is 2.49. The van der Waals surface area contributed by atoms with Gasteiger partial charge in [0.05, 0.1) is 109 Å². The van der Waals surface area contributed by atoms with E-state index < -0.39 is 99.1 Å². The minimum absolute atomic E-state index is 0.0150. The second-order valence-electron chi connectivity index (χ2n) is 33.2. The summed E-state index contributed by atoms with van der Waals surface area (Å²) >= 11 is 0. The Kier molecular flexibility index (Phi) is 29.4. The van der Waals surface area contributed by atoms with Crippen molar-refractivity contribution < 1.29 is 72.6 Å². The number of nitrogens with zero attached hydrogens (tertiary/aromatic N) is 14. The monoisotopic (exact) mass is 1800 g/mol. The summed E-state index contributed by atoms with van der Waals surface area (Å²) < 4.78 is 128. The lowest BCUT2D eigenvalue weighted by atomic mass is 9.85. The Bertz CT molecular complexity index is 6180. The second-order valence-corrected chi connectivity index (χ2v) is 38.9. The van der Waals surface area contributed by atoms with E-state index in [1.165, 1.54) is 148 Å². The van der Waals surface area contributed by atoms with E-state index in [1.54, 1.807) is 43.5 Å². The fourth-order valence-corrected chi connectivity index (χ4v) is 22.0. The molecule has 0 radical (unpaired) electrons. The molecule has 9 aromatic rings. The predicted molar refractivity (Wildman–Crippen MR) is 470 cm³/mol. The van der Waals surface area contributed by atoms with E-state index in [2.05, 4.69) is 31.3 Å². The molecule has 0 unspecified atom stereocenters. The lowest BCUT2D eigenvalue weighted by Gasteiger charge is -2.41. The number of aromatic nitrogens is 4. The molecule has 0 bridgehead atoms. The van der Waals surface area contributed by atoms with Crippen LogP contribution in [0.5, 0.6) is 11.5 Å². The van der Waals surface area contributed by atoms with Crippen molar-refractivity contribution >= 4 is 76.7 Å². The van der Waals surface area contributed by atoms with E-state index in [0.717, 1.165) is 93.0 Å². The molecule has 3 aliphatic carbocycles. The Hall–Kier alpha value is -12.4. The lowest BCUT2D eigenvalue weighted by Crippen LogP contribution is -2.59. The molecule has 3 atom stereocenters. The molecule has 3 saturated heterocycles. The fraction of sp³-hybridized carbons (Fsp3) is 0.383. The van der Waals surface area contributed by atoms with Crippen molar-refractivity contribution in [3.63, 3.8) is 0 Å². The normalized spacial score (nSPS) is 17.6. The van der Waals surface area contributed by atoms with Gasteiger partial charge in [-0.05, 0) is 186 Å². The smallest absolute Gasteiger partial charge is 0.257 e. The van der Waals surface area contributed by atoms with Crippen LogP contribution >= 0.6 is 0 Å². The van der Waals surface area contributed by atoms with Gasteiger partial charge in [-0.2, -0.15) is 28.7 Å². The van der Waals surface area contributed by atoms with E-state index in [1.807, 2.05) is 67.0 Å². The van der Waals surface area contributed by atoms with E-state index in [9.17, 15) is 88.4 Å². The molecule has 128 heavy (non-hydrogen) atoms. The third kappa shape index (κ3) is 20.3. The average molecular weight is 1800 g/mol. The largest absolute Gasteiger partial charge is 0.507 e. The third-order valence-corrected chi connectivity index (χ3v) is 30.7. The standard InChI is InChI=1S/C32H35FN6O5S.C32H34FN5O5S.C30H31FN4O3S/c1-20-22(16-34)13-25(15-27(20)33)45(43,44)39-12-11-29(39)32(42)38(24-9-10-26(30(40)14-24)31(41)37(2)3)19-23-17-36-28(18-35-23)21-7-5-4-6-8-21;1-20-23(17-34)14-26(16-28(20)33)44(42,43)38-13-12-29(38)32(41)37(25-10-11-27(30(39)15-25)31(40)35-2)19-24-9-8-22(18-36-24)21-6-4-3-5-7-21;1-21-24(18-32)16-27(17-28(21)31)39(37,38)35-15-14-29(35)30(36)34(26-10-6-3-7-11-26)20-25-13-12-23(19-33-25)22-8-4-2-5-9-22/h9-10,13-15,17-18,21,29,40H,4-8,11-12,19H2,1-3H3;8-11,14-16,18,21,29,39H,3-7,12-13,19H2,1-2H3,(H,35,40);3,6-7,10-13,16-17,19,22,29H,2,4-5,8-9,14-15,20H2,1H3/t3*29-/m111/s1. The molecule has 3 N–H and O–H groups in total. The van der Waals surface area contributed by atoms with Crippen molar-refractivity contribution in [1.29, 1.82) is 15.8 Å². The van der Waals surface area contributed by atoms with Crippen LogP contribution in [0, 0.1) is 72.2 Å². The van der Waals surface area contributed by atoms with Gasteiger partial charge >= 0.3 is 0 Å². The summed E-state index contributed by atoms with van der Waals surface area (Å²) in [5.41, 5.74) is 6.00. The van der Waals surface area contributed by atoms with Crippen LogP contribution in [0.1, 0.15) is 221 Å². The molecular weight excluding hydrogens is 1700 g/mol. The van der Waals surface area contributed by atoms with Gasteiger partial charge in [-0.3, -0.25) is 43.9 Å². The number of anilines is 3. The van der Waals surface area contributed by atoms with Gasteiger partial charge in [-0.1, -0.05) is 88.1 Å². The summed E-state index contributed by atoms with van der Waals surface area (Å²) in [4.78, 5) is 89.5. The van der Waals surface area contributed by atoms with Crippen LogP contribution in [0.2, 0.25) is 0 Å². The second kappa shape index (κ2) is 40.3. The Morgan fingerprint density at radius 3 is 1.11 bits per heavy atom. The number of nitriles is 3. The highest BCUT2D eigenvalue weighted by atomic mass is 32.2. The molecule has 6 heterocycles. The number of phenolic OH excluding ortho intramolecular Hbond substituents is 2. The lowest BCUT2D eigenvalue weighted by molar-refractivity contribution is -0.125. The number of carbonyl (C=O) groups is 5. The number of phenols is 2. The van der Waals surface area contributed by atoms with E-state index in [4.69, 9.17) is 0 Å². The van der Waals surface area contributed by atoms with Crippen LogP contribution in [0.15, 0.2) is 167 Å². The predicted octanol–water partition coefficient (Wildman–Crippen LogP) is 14.2. The number of rotatable bonds is 23. The first kappa shape index (κ1) is 93.3. The van der Waals surface area contributed by atoms with Gasteiger partial charge in [0, 0.05) is 111 Å². The van der Waals surface area contributed by atoms with Crippen LogP contribution in [0.4, 0.5) is 30.2 Å². The van der Waals surface area contributed by atoms with E-state index in [0.29, 0.717) is 46.9 Å². The number of nitrogens with one attached hydrogen (secondary N) is 1. The number of hydrogen-bond donors (Lipinski definition) is 3. The minimum Gasteiger partial charge on any atom is -0.507 e. The van der Waals surface area contributed by atoms with Gasteiger partial charge in [0.15, 0.2) is 0 Å². The van der Waals surface area contributed by atoms with Gasteiger partial charge in [-0.15, -0.1) is 0 Å². The van der Waals surface area contributed by atoms with Crippen LogP contribution in [-0.2, 0) is 64.1 Å². The number of pyridine rings is 2. The molecule has 15 rings (SSSR count). The quantitative estimate of drug-likeness (QED) is 0.0535. The summed E-state index contributed by atoms with van der Waals surface area (Å²) in [6.07, 6.45) is 25.2. The molecule has 3 aromatic heterocycles. The summed E-state index contributed by atoms with van der Waals surface area (Å²) in [6, 6.07) is 33.6. The number of halogens is 3. The van der Waals surface area contributed by atoms with Crippen LogP contribution < -0.4 is 20.0 Å². The van der Waals surface area contributed by atoms with Crippen molar-refractivity contribution in [2.45, 2.75) is 207 Å². The molecule has 3 saturated carbocycles. The Morgan fingerprint density at radius 2 is 0.789 bits per heavy atom. The Labute approximate surface area is 743 Å². The maximum Gasteiger partial charge on any atom is 0.257 e. The van der Waals surface area contributed by atoms with Gasteiger partial charge in [0.1, 0.15) is 47.1 Å². The van der Waals surface area contributed by atoms with Gasteiger partial charge < -0.3 is 35.1 Å². The number of amides is 5.